The zero-order valence-corrected chi connectivity index (χ0v) is 15.2. The van der Waals surface area contributed by atoms with Crippen LogP contribution in [0.2, 0.25) is 0 Å². The number of pyridine rings is 1. The van der Waals surface area contributed by atoms with Crippen molar-refractivity contribution < 1.29 is 4.79 Å². The van der Waals surface area contributed by atoms with E-state index in [0.29, 0.717) is 11.9 Å². The Morgan fingerprint density at radius 2 is 1.85 bits per heavy atom. The minimum atomic E-state index is -0.314. The van der Waals surface area contributed by atoms with Crippen LogP contribution in [0.4, 0.5) is 0 Å². The van der Waals surface area contributed by atoms with Gasteiger partial charge in [-0.1, -0.05) is 36.4 Å². The number of rotatable bonds is 5. The van der Waals surface area contributed by atoms with E-state index in [-0.39, 0.29) is 16.9 Å². The molecule has 3 aromatic rings. The first-order valence-corrected chi connectivity index (χ1v) is 9.40. The molecular weight excluding hydrogens is 338 g/mol. The molecule has 0 aliphatic carbocycles. The summed E-state index contributed by atoms with van der Waals surface area (Å²) in [7, 11) is 0. The molecule has 0 unspecified atom stereocenters. The third-order valence-electron chi connectivity index (χ3n) is 5.18. The van der Waals surface area contributed by atoms with Crippen molar-refractivity contribution in [1.82, 2.24) is 15.2 Å². The second-order valence-electron chi connectivity index (χ2n) is 6.98. The number of hydrogen-bond acceptors (Lipinski definition) is 3. The molecule has 0 atom stereocenters. The van der Waals surface area contributed by atoms with Crippen molar-refractivity contribution in [2.24, 2.45) is 0 Å². The van der Waals surface area contributed by atoms with Crippen LogP contribution in [0.3, 0.4) is 0 Å². The van der Waals surface area contributed by atoms with Crippen LogP contribution in [0, 0.1) is 0 Å². The van der Waals surface area contributed by atoms with Crippen molar-refractivity contribution in [3.8, 4) is 0 Å². The Bertz CT molecular complexity index is 1030. The zero-order chi connectivity index (χ0) is 18.6. The number of fused-ring (bicyclic) bond motifs is 2. The van der Waals surface area contributed by atoms with Crippen molar-refractivity contribution >= 4 is 16.8 Å². The number of aromatic amines is 1. The lowest BCUT2D eigenvalue weighted by Crippen LogP contribution is -2.34. The molecule has 1 aliphatic heterocycles. The number of aromatic nitrogens is 1. The van der Waals surface area contributed by atoms with Crippen molar-refractivity contribution in [2.45, 2.75) is 19.4 Å². The highest BCUT2D eigenvalue weighted by Gasteiger charge is 2.16. The molecule has 5 nitrogen and oxygen atoms in total. The fraction of sp³-hybridized carbons (Fsp3) is 0.273. The first kappa shape index (κ1) is 17.5. The molecule has 27 heavy (non-hydrogen) atoms. The molecule has 5 heteroatoms. The Labute approximate surface area is 158 Å². The predicted octanol–water partition coefficient (Wildman–Crippen LogP) is 2.71. The van der Waals surface area contributed by atoms with E-state index in [9.17, 15) is 9.59 Å². The number of H-pyrrole nitrogens is 1. The highest BCUT2D eigenvalue weighted by atomic mass is 16.2. The van der Waals surface area contributed by atoms with Crippen LogP contribution in [0.25, 0.3) is 10.9 Å². The minimum Gasteiger partial charge on any atom is -0.360 e. The van der Waals surface area contributed by atoms with Gasteiger partial charge in [-0.15, -0.1) is 0 Å². The summed E-state index contributed by atoms with van der Waals surface area (Å²) in [4.78, 5) is 30.3. The van der Waals surface area contributed by atoms with Crippen molar-refractivity contribution in [2.75, 3.05) is 19.6 Å². The molecule has 138 valence electrons. The summed E-state index contributed by atoms with van der Waals surface area (Å²) < 4.78 is 0. The summed E-state index contributed by atoms with van der Waals surface area (Å²) in [6.07, 6.45) is 3.44. The van der Waals surface area contributed by atoms with E-state index < -0.39 is 0 Å². The molecular formula is C22H23N3O2. The van der Waals surface area contributed by atoms with Crippen molar-refractivity contribution in [3.05, 3.63) is 81.6 Å². The third-order valence-corrected chi connectivity index (χ3v) is 5.18. The predicted molar refractivity (Wildman–Crippen MR) is 107 cm³/mol. The summed E-state index contributed by atoms with van der Waals surface area (Å²) in [5.74, 6) is -0.314. The highest BCUT2D eigenvalue weighted by Crippen LogP contribution is 2.18. The lowest BCUT2D eigenvalue weighted by molar-refractivity contribution is 0.0950. The number of amides is 1. The summed E-state index contributed by atoms with van der Waals surface area (Å²) >= 11 is 0. The Balaban J connectivity index is 1.30. The van der Waals surface area contributed by atoms with Gasteiger partial charge in [0.2, 0.25) is 5.43 Å². The van der Waals surface area contributed by atoms with E-state index in [1.165, 1.54) is 17.3 Å². The fourth-order valence-electron chi connectivity index (χ4n) is 3.68. The second-order valence-corrected chi connectivity index (χ2v) is 6.98. The van der Waals surface area contributed by atoms with Crippen LogP contribution in [-0.4, -0.2) is 35.4 Å². The Morgan fingerprint density at radius 3 is 2.74 bits per heavy atom. The molecule has 2 N–H and O–H groups in total. The van der Waals surface area contributed by atoms with Gasteiger partial charge in [0.1, 0.15) is 5.56 Å². The van der Waals surface area contributed by atoms with Gasteiger partial charge in [0, 0.05) is 43.3 Å². The topological polar surface area (TPSA) is 65.2 Å². The Hall–Kier alpha value is -2.92. The van der Waals surface area contributed by atoms with Crippen molar-refractivity contribution in [3.63, 3.8) is 0 Å². The van der Waals surface area contributed by atoms with Crippen molar-refractivity contribution in [1.29, 1.82) is 0 Å². The quantitative estimate of drug-likeness (QED) is 0.687. The van der Waals surface area contributed by atoms with Gasteiger partial charge in [-0.3, -0.25) is 14.5 Å². The van der Waals surface area contributed by atoms with Crippen LogP contribution in [0.5, 0.6) is 0 Å². The molecule has 0 saturated carbocycles. The van der Waals surface area contributed by atoms with Gasteiger partial charge in [0.15, 0.2) is 0 Å². The monoisotopic (exact) mass is 361 g/mol. The van der Waals surface area contributed by atoms with Gasteiger partial charge in [-0.25, -0.2) is 0 Å². The maximum atomic E-state index is 12.5. The molecule has 4 rings (SSSR count). The lowest BCUT2D eigenvalue weighted by atomic mass is 10.00. The Morgan fingerprint density at radius 1 is 1.07 bits per heavy atom. The smallest absolute Gasteiger partial charge is 0.256 e. The minimum absolute atomic E-state index is 0.167. The van der Waals surface area contributed by atoms with Crippen LogP contribution < -0.4 is 10.7 Å². The first-order chi connectivity index (χ1) is 13.2. The van der Waals surface area contributed by atoms with E-state index in [4.69, 9.17) is 0 Å². The molecule has 1 aliphatic rings. The largest absolute Gasteiger partial charge is 0.360 e. The van der Waals surface area contributed by atoms with Crippen LogP contribution >= 0.6 is 0 Å². The van der Waals surface area contributed by atoms with E-state index in [1.54, 1.807) is 12.1 Å². The van der Waals surface area contributed by atoms with E-state index in [0.717, 1.165) is 38.0 Å². The number of nitrogens with one attached hydrogen (secondary N) is 2. The fourth-order valence-corrected chi connectivity index (χ4v) is 3.68. The number of para-hydroxylation sites is 1. The molecule has 2 heterocycles. The molecule has 0 bridgehead atoms. The van der Waals surface area contributed by atoms with Gasteiger partial charge >= 0.3 is 0 Å². The summed E-state index contributed by atoms with van der Waals surface area (Å²) in [6.45, 7) is 3.51. The van der Waals surface area contributed by atoms with E-state index >= 15 is 0 Å². The van der Waals surface area contributed by atoms with Crippen LogP contribution in [0.1, 0.15) is 27.9 Å². The summed E-state index contributed by atoms with van der Waals surface area (Å²) in [5, 5.41) is 3.42. The summed E-state index contributed by atoms with van der Waals surface area (Å²) in [5.41, 5.74) is 3.52. The molecule has 1 amide bonds. The van der Waals surface area contributed by atoms with Gasteiger partial charge in [0.25, 0.3) is 5.91 Å². The number of carbonyl (C=O) groups is 1. The van der Waals surface area contributed by atoms with E-state index in [2.05, 4.69) is 39.5 Å². The number of carbonyl (C=O) groups excluding carboxylic acids is 1. The molecule has 0 fully saturated rings. The van der Waals surface area contributed by atoms with Gasteiger partial charge in [-0.05, 0) is 36.1 Å². The van der Waals surface area contributed by atoms with Gasteiger partial charge in [0.05, 0.1) is 0 Å². The average molecular weight is 361 g/mol. The average Bonchev–Trinajstić information content (AvgIpc) is 2.71. The van der Waals surface area contributed by atoms with Crippen LogP contribution in [-0.2, 0) is 13.0 Å². The summed E-state index contributed by atoms with van der Waals surface area (Å²) in [6, 6.07) is 15.8. The molecule has 0 spiro atoms. The van der Waals surface area contributed by atoms with Crippen LogP contribution in [0.15, 0.2) is 59.5 Å². The van der Waals surface area contributed by atoms with Gasteiger partial charge in [-0.2, -0.15) is 0 Å². The SMILES string of the molecule is O=C(NCCCN1CCc2ccccc2C1)c1c[nH]c2ccccc2c1=O. The normalized spacial score (nSPS) is 14.1. The number of benzene rings is 2. The zero-order valence-electron chi connectivity index (χ0n) is 15.2. The molecule has 0 radical (unpaired) electrons. The first-order valence-electron chi connectivity index (χ1n) is 9.40. The highest BCUT2D eigenvalue weighted by molar-refractivity contribution is 5.97. The molecule has 2 aromatic carbocycles. The maximum absolute atomic E-state index is 12.5. The standard InChI is InChI=1S/C22H23N3O2/c26-21-18-8-3-4-9-20(18)24-14-19(21)22(27)23-11-5-12-25-13-10-16-6-1-2-7-17(16)15-25/h1-4,6-9,14H,5,10-13,15H2,(H,23,27)(H,24,26). The van der Waals surface area contributed by atoms with E-state index in [1.807, 2.05) is 12.1 Å². The molecule has 0 saturated heterocycles. The third kappa shape index (κ3) is 3.78. The second kappa shape index (κ2) is 7.76. The number of hydrogen-bond donors (Lipinski definition) is 2. The maximum Gasteiger partial charge on any atom is 0.256 e. The Kier molecular flexibility index (Phi) is 5.03. The number of nitrogens with zero attached hydrogens (tertiary/aromatic N) is 1. The lowest BCUT2D eigenvalue weighted by Gasteiger charge is -2.28. The molecule has 1 aromatic heterocycles. The van der Waals surface area contributed by atoms with Gasteiger partial charge < -0.3 is 10.3 Å².